The van der Waals surface area contributed by atoms with Crippen LogP contribution in [-0.4, -0.2) is 33.9 Å². The lowest BCUT2D eigenvalue weighted by Gasteiger charge is -2.28. The minimum atomic E-state index is -0.427. The van der Waals surface area contributed by atoms with Crippen molar-refractivity contribution in [1.82, 2.24) is 10.4 Å². The zero-order valence-corrected chi connectivity index (χ0v) is 18.4. The number of rotatable bonds is 5. The molecule has 8 nitrogen and oxygen atoms in total. The van der Waals surface area contributed by atoms with Gasteiger partial charge in [-0.25, -0.2) is 5.43 Å². The maximum absolute atomic E-state index is 12.7. The standard InChI is InChI=1S/C26H23N3O5/c1-33-18-11-22(31)26-21(13-23(34-24(26)12-18)15-6-8-17(30)9-7-15)28-29-25(32)10-16-14-27-20-5-3-2-4-19(16)20/h2-9,11-12,14,23,27,30-31H,10,13H2,1H3,(H,29,32)/b28-21+/t23-/m0/s1. The smallest absolute Gasteiger partial charge is 0.244 e. The lowest BCUT2D eigenvalue weighted by Crippen LogP contribution is -2.26. The summed E-state index contributed by atoms with van der Waals surface area (Å²) >= 11 is 0. The highest BCUT2D eigenvalue weighted by atomic mass is 16.5. The molecule has 172 valence electrons. The molecule has 4 aromatic rings. The molecular weight excluding hydrogens is 434 g/mol. The normalized spacial score (nSPS) is 16.1. The van der Waals surface area contributed by atoms with Gasteiger partial charge in [-0.15, -0.1) is 0 Å². The van der Waals surface area contributed by atoms with E-state index in [0.29, 0.717) is 29.2 Å². The molecule has 5 rings (SSSR count). The number of aromatic hydroxyl groups is 2. The SMILES string of the molecule is COc1cc(O)c2c(c1)O[C@H](c1ccc(O)cc1)C/C2=N\NC(=O)Cc1c[nH]c2ccccc12. The van der Waals surface area contributed by atoms with Crippen molar-refractivity contribution in [2.45, 2.75) is 18.9 Å². The molecule has 1 aromatic heterocycles. The van der Waals surface area contributed by atoms with E-state index in [1.807, 2.05) is 30.5 Å². The number of para-hydroxylation sites is 1. The molecule has 34 heavy (non-hydrogen) atoms. The molecule has 1 aliphatic rings. The Hall–Kier alpha value is -4.46. The van der Waals surface area contributed by atoms with Gasteiger partial charge in [0.05, 0.1) is 24.8 Å². The van der Waals surface area contributed by atoms with Crippen LogP contribution in [0, 0.1) is 0 Å². The largest absolute Gasteiger partial charge is 0.508 e. The van der Waals surface area contributed by atoms with Crippen LogP contribution in [0.1, 0.15) is 29.2 Å². The van der Waals surface area contributed by atoms with Crippen molar-refractivity contribution in [3.63, 3.8) is 0 Å². The summed E-state index contributed by atoms with van der Waals surface area (Å²) in [6, 6.07) is 17.6. The number of hydrogen-bond donors (Lipinski definition) is 4. The van der Waals surface area contributed by atoms with E-state index < -0.39 is 6.10 Å². The maximum Gasteiger partial charge on any atom is 0.244 e. The van der Waals surface area contributed by atoms with E-state index in [2.05, 4.69) is 15.5 Å². The third-order valence-corrected chi connectivity index (χ3v) is 5.83. The summed E-state index contributed by atoms with van der Waals surface area (Å²) < 4.78 is 11.4. The summed E-state index contributed by atoms with van der Waals surface area (Å²) in [6.45, 7) is 0. The number of nitrogens with zero attached hydrogens (tertiary/aromatic N) is 1. The van der Waals surface area contributed by atoms with Crippen molar-refractivity contribution in [3.05, 3.63) is 83.6 Å². The average Bonchev–Trinajstić information content (AvgIpc) is 3.25. The number of phenols is 2. The second-order valence-corrected chi connectivity index (χ2v) is 8.05. The van der Waals surface area contributed by atoms with Gasteiger partial charge in [-0.05, 0) is 29.3 Å². The first kappa shape index (κ1) is 21.4. The number of ether oxygens (including phenoxy) is 2. The van der Waals surface area contributed by atoms with Crippen LogP contribution in [0.25, 0.3) is 10.9 Å². The first-order valence-corrected chi connectivity index (χ1v) is 10.8. The van der Waals surface area contributed by atoms with Crippen LogP contribution in [0.15, 0.2) is 72.0 Å². The second kappa shape index (κ2) is 8.82. The highest BCUT2D eigenvalue weighted by molar-refractivity contribution is 6.07. The summed E-state index contributed by atoms with van der Waals surface area (Å²) in [7, 11) is 1.50. The number of nitrogens with one attached hydrogen (secondary N) is 2. The number of H-pyrrole nitrogens is 1. The van der Waals surface area contributed by atoms with E-state index in [4.69, 9.17) is 9.47 Å². The Morgan fingerprint density at radius 3 is 2.76 bits per heavy atom. The third kappa shape index (κ3) is 4.13. The Kier molecular flexibility index (Phi) is 5.55. The van der Waals surface area contributed by atoms with E-state index in [1.54, 1.807) is 30.3 Å². The van der Waals surface area contributed by atoms with Gasteiger partial charge in [-0.3, -0.25) is 4.79 Å². The predicted molar refractivity (Wildman–Crippen MR) is 127 cm³/mol. The topological polar surface area (TPSA) is 116 Å². The van der Waals surface area contributed by atoms with Crippen LogP contribution in [0.2, 0.25) is 0 Å². The maximum atomic E-state index is 12.7. The summed E-state index contributed by atoms with van der Waals surface area (Å²) in [5.41, 5.74) is 6.17. The minimum Gasteiger partial charge on any atom is -0.508 e. The number of fused-ring (bicyclic) bond motifs is 2. The van der Waals surface area contributed by atoms with Crippen molar-refractivity contribution in [2.24, 2.45) is 5.10 Å². The zero-order chi connectivity index (χ0) is 23.7. The number of aromatic nitrogens is 1. The molecule has 4 N–H and O–H groups in total. The van der Waals surface area contributed by atoms with Gasteiger partial charge in [-0.2, -0.15) is 5.10 Å². The van der Waals surface area contributed by atoms with Gasteiger partial charge in [0.1, 0.15) is 29.1 Å². The molecule has 0 fully saturated rings. The van der Waals surface area contributed by atoms with E-state index in [9.17, 15) is 15.0 Å². The Morgan fingerprint density at radius 2 is 1.97 bits per heavy atom. The van der Waals surface area contributed by atoms with Gasteiger partial charge in [0.25, 0.3) is 0 Å². The Bertz CT molecular complexity index is 1390. The molecule has 0 radical (unpaired) electrons. The van der Waals surface area contributed by atoms with Crippen molar-refractivity contribution >= 4 is 22.5 Å². The number of hydrazone groups is 1. The molecular formula is C26H23N3O5. The van der Waals surface area contributed by atoms with Gasteiger partial charge >= 0.3 is 0 Å². The summed E-state index contributed by atoms with van der Waals surface area (Å²) in [5, 5.41) is 25.6. The summed E-state index contributed by atoms with van der Waals surface area (Å²) in [4.78, 5) is 15.9. The lowest BCUT2D eigenvalue weighted by molar-refractivity contribution is -0.120. The first-order valence-electron chi connectivity index (χ1n) is 10.8. The number of benzene rings is 3. The second-order valence-electron chi connectivity index (χ2n) is 8.05. The van der Waals surface area contributed by atoms with Gasteiger partial charge < -0.3 is 24.7 Å². The fourth-order valence-corrected chi connectivity index (χ4v) is 4.15. The Labute approximate surface area is 195 Å². The van der Waals surface area contributed by atoms with E-state index >= 15 is 0 Å². The zero-order valence-electron chi connectivity index (χ0n) is 18.4. The molecule has 1 atom stereocenters. The summed E-state index contributed by atoms with van der Waals surface area (Å²) in [5.74, 6) is 0.649. The number of methoxy groups -OCH3 is 1. The first-order chi connectivity index (χ1) is 16.5. The van der Waals surface area contributed by atoms with E-state index in [0.717, 1.165) is 22.0 Å². The van der Waals surface area contributed by atoms with Crippen molar-refractivity contribution in [1.29, 1.82) is 0 Å². The average molecular weight is 457 g/mol. The number of amides is 1. The minimum absolute atomic E-state index is 0.0527. The molecule has 0 aliphatic carbocycles. The molecule has 0 saturated carbocycles. The predicted octanol–water partition coefficient (Wildman–Crippen LogP) is 4.17. The molecule has 0 spiro atoms. The molecule has 8 heteroatoms. The van der Waals surface area contributed by atoms with Gasteiger partial charge in [0, 0.05) is 35.7 Å². The highest BCUT2D eigenvalue weighted by Gasteiger charge is 2.30. The van der Waals surface area contributed by atoms with Crippen molar-refractivity contribution in [2.75, 3.05) is 7.11 Å². The number of hydrogen-bond acceptors (Lipinski definition) is 6. The van der Waals surface area contributed by atoms with Crippen molar-refractivity contribution < 1.29 is 24.5 Å². The number of carbonyl (C=O) groups excluding carboxylic acids is 1. The Morgan fingerprint density at radius 1 is 1.18 bits per heavy atom. The fourth-order valence-electron chi connectivity index (χ4n) is 4.15. The molecule has 1 aliphatic heterocycles. The van der Waals surface area contributed by atoms with Crippen LogP contribution in [0.4, 0.5) is 0 Å². The monoisotopic (exact) mass is 457 g/mol. The lowest BCUT2D eigenvalue weighted by atomic mass is 9.94. The van der Waals surface area contributed by atoms with Crippen LogP contribution in [0.3, 0.4) is 0 Å². The van der Waals surface area contributed by atoms with Gasteiger partial charge in [0.2, 0.25) is 5.91 Å². The van der Waals surface area contributed by atoms with Crippen LogP contribution in [-0.2, 0) is 11.2 Å². The van der Waals surface area contributed by atoms with Crippen molar-refractivity contribution in [3.8, 4) is 23.0 Å². The molecule has 0 unspecified atom stereocenters. The van der Waals surface area contributed by atoms with Crippen LogP contribution in [0.5, 0.6) is 23.0 Å². The number of phenolic OH excluding ortho intramolecular Hbond substituents is 2. The van der Waals surface area contributed by atoms with Crippen LogP contribution >= 0.6 is 0 Å². The van der Waals surface area contributed by atoms with E-state index in [1.165, 1.54) is 13.2 Å². The molecule has 0 bridgehead atoms. The molecule has 1 amide bonds. The quantitative estimate of drug-likeness (QED) is 0.336. The van der Waals surface area contributed by atoms with Gasteiger partial charge in [0.15, 0.2) is 0 Å². The van der Waals surface area contributed by atoms with E-state index in [-0.39, 0.29) is 23.8 Å². The van der Waals surface area contributed by atoms with Gasteiger partial charge in [-0.1, -0.05) is 30.3 Å². The molecule has 2 heterocycles. The number of carbonyl (C=O) groups is 1. The molecule has 3 aromatic carbocycles. The Balaban J connectivity index is 1.43. The summed E-state index contributed by atoms with van der Waals surface area (Å²) in [6.07, 6.45) is 1.86. The third-order valence-electron chi connectivity index (χ3n) is 5.83. The highest BCUT2D eigenvalue weighted by Crippen LogP contribution is 2.42. The fraction of sp³-hybridized carbons (Fsp3) is 0.154. The van der Waals surface area contributed by atoms with Crippen LogP contribution < -0.4 is 14.9 Å². The number of aromatic amines is 1. The molecule has 0 saturated heterocycles.